The van der Waals surface area contributed by atoms with Crippen LogP contribution in [0, 0.1) is 11.8 Å². The lowest BCUT2D eigenvalue weighted by molar-refractivity contribution is -0.141. The summed E-state index contributed by atoms with van der Waals surface area (Å²) in [5, 5.41) is 4.03. The predicted octanol–water partition coefficient (Wildman–Crippen LogP) is 2.16. The Hall–Kier alpha value is -1.08. The van der Waals surface area contributed by atoms with E-state index >= 15 is 0 Å². The molecule has 0 spiro atoms. The number of piperidine rings is 1. The van der Waals surface area contributed by atoms with Gasteiger partial charge in [-0.2, -0.15) is 16.7 Å². The number of nitrogens with zero attached hydrogens (tertiary/aromatic N) is 4. The van der Waals surface area contributed by atoms with Crippen LogP contribution < -0.4 is 0 Å². The summed E-state index contributed by atoms with van der Waals surface area (Å²) in [6.07, 6.45) is 8.13. The first-order valence-corrected chi connectivity index (χ1v) is 10.5. The van der Waals surface area contributed by atoms with Crippen molar-refractivity contribution in [1.29, 1.82) is 0 Å². The van der Waals surface area contributed by atoms with Gasteiger partial charge in [0.05, 0.1) is 18.2 Å². The molecule has 6 nitrogen and oxygen atoms in total. The topological polar surface area (TPSA) is 62.5 Å². The van der Waals surface area contributed by atoms with Crippen LogP contribution in [0.2, 0.25) is 0 Å². The second-order valence-electron chi connectivity index (χ2n) is 7.45. The summed E-state index contributed by atoms with van der Waals surface area (Å²) in [5.41, 5.74) is 0. The molecule has 0 radical (unpaired) electrons. The maximum Gasteiger partial charge on any atom is 0.240 e. The highest BCUT2D eigenvalue weighted by Gasteiger charge is 2.41. The van der Waals surface area contributed by atoms with Crippen molar-refractivity contribution in [1.82, 2.24) is 19.9 Å². The molecule has 0 N–H and O–H groups in total. The first kappa shape index (κ1) is 16.4. The molecule has 2 bridgehead atoms. The molecule has 0 unspecified atom stereocenters. The van der Waals surface area contributed by atoms with Crippen molar-refractivity contribution in [2.24, 2.45) is 11.8 Å². The molecule has 1 amide bonds. The van der Waals surface area contributed by atoms with Crippen molar-refractivity contribution in [3.63, 3.8) is 0 Å². The number of thioether (sulfide) groups is 1. The predicted molar refractivity (Wildman–Crippen MR) is 92.4 cm³/mol. The Labute approximate surface area is 147 Å². The maximum atomic E-state index is 12.8. The summed E-state index contributed by atoms with van der Waals surface area (Å²) in [5.74, 6) is 3.50. The van der Waals surface area contributed by atoms with Gasteiger partial charge >= 0.3 is 0 Å². The molecule has 7 heteroatoms. The Morgan fingerprint density at radius 1 is 1.25 bits per heavy atom. The van der Waals surface area contributed by atoms with Crippen LogP contribution >= 0.6 is 11.8 Å². The van der Waals surface area contributed by atoms with Crippen LogP contribution in [0.4, 0.5) is 0 Å². The van der Waals surface area contributed by atoms with Crippen LogP contribution in [0.25, 0.3) is 0 Å². The minimum absolute atomic E-state index is 0.150. The molecule has 1 aliphatic carbocycles. The number of amides is 1. The van der Waals surface area contributed by atoms with Gasteiger partial charge in [0.15, 0.2) is 5.82 Å². The van der Waals surface area contributed by atoms with Crippen molar-refractivity contribution in [3.8, 4) is 0 Å². The van der Waals surface area contributed by atoms with Gasteiger partial charge in [-0.3, -0.25) is 9.69 Å². The van der Waals surface area contributed by atoms with E-state index in [0.29, 0.717) is 24.4 Å². The highest BCUT2D eigenvalue weighted by Crippen LogP contribution is 2.34. The molecular weight excluding hydrogens is 324 g/mol. The van der Waals surface area contributed by atoms with E-state index in [1.165, 1.54) is 19.3 Å². The van der Waals surface area contributed by atoms with Crippen LogP contribution in [0.3, 0.4) is 0 Å². The number of hydrogen-bond donors (Lipinski definition) is 0. The standard InChI is InChI=1S/C17H26N4O2S/c1-24-11-15-18-16(23-19-15)10-20-8-13-5-6-14(9-20)21(17(13)22)7-12-3-2-4-12/h12-14H,2-11H2,1H3/t13-,14+/m1/s1. The molecule has 5 rings (SSSR count). The summed E-state index contributed by atoms with van der Waals surface area (Å²) < 4.78 is 5.38. The molecule has 3 saturated heterocycles. The molecule has 0 aromatic carbocycles. The average Bonchev–Trinajstić information content (AvgIpc) is 2.79. The third-order valence-corrected chi connectivity index (χ3v) is 6.24. The fourth-order valence-electron chi connectivity index (χ4n) is 4.19. The van der Waals surface area contributed by atoms with Crippen molar-refractivity contribution < 1.29 is 9.32 Å². The largest absolute Gasteiger partial charge is 0.338 e. The highest BCUT2D eigenvalue weighted by atomic mass is 32.2. The zero-order valence-electron chi connectivity index (χ0n) is 14.3. The van der Waals surface area contributed by atoms with Crippen molar-refractivity contribution in [2.45, 2.75) is 50.4 Å². The van der Waals surface area contributed by atoms with E-state index < -0.39 is 0 Å². The number of aromatic nitrogens is 2. The Morgan fingerprint density at radius 2 is 2.12 bits per heavy atom. The lowest BCUT2D eigenvalue weighted by Crippen LogP contribution is -2.50. The first-order chi connectivity index (χ1) is 11.7. The summed E-state index contributed by atoms with van der Waals surface area (Å²) in [7, 11) is 0. The van der Waals surface area contributed by atoms with E-state index in [-0.39, 0.29) is 5.92 Å². The Kier molecular flexibility index (Phi) is 4.81. The minimum atomic E-state index is 0.150. The lowest BCUT2D eigenvalue weighted by atomic mass is 9.83. The second-order valence-corrected chi connectivity index (χ2v) is 8.31. The van der Waals surface area contributed by atoms with Gasteiger partial charge in [0.25, 0.3) is 0 Å². The van der Waals surface area contributed by atoms with Crippen molar-refractivity contribution in [2.75, 3.05) is 25.9 Å². The van der Waals surface area contributed by atoms with Gasteiger partial charge in [0.1, 0.15) is 0 Å². The first-order valence-electron chi connectivity index (χ1n) is 9.06. The number of carbonyl (C=O) groups excluding carboxylic acids is 1. The van der Waals surface area contributed by atoms with E-state index in [1.54, 1.807) is 11.8 Å². The van der Waals surface area contributed by atoms with Gasteiger partial charge in [0.2, 0.25) is 11.8 Å². The highest BCUT2D eigenvalue weighted by molar-refractivity contribution is 7.97. The number of rotatable bonds is 6. The number of hydrogen-bond acceptors (Lipinski definition) is 6. The average molecular weight is 350 g/mol. The van der Waals surface area contributed by atoms with Gasteiger partial charge in [-0.05, 0) is 37.9 Å². The van der Waals surface area contributed by atoms with E-state index in [9.17, 15) is 4.79 Å². The zero-order valence-corrected chi connectivity index (χ0v) is 15.1. The lowest BCUT2D eigenvalue weighted by Gasteiger charge is -2.40. The van der Waals surface area contributed by atoms with E-state index in [2.05, 4.69) is 19.9 Å². The Morgan fingerprint density at radius 3 is 2.88 bits per heavy atom. The monoisotopic (exact) mass is 350 g/mol. The molecule has 4 fully saturated rings. The minimum Gasteiger partial charge on any atom is -0.338 e. The van der Waals surface area contributed by atoms with E-state index in [4.69, 9.17) is 4.52 Å². The number of carbonyl (C=O) groups is 1. The number of fused-ring (bicyclic) bond motifs is 4. The molecule has 2 atom stereocenters. The molecule has 1 aromatic heterocycles. The van der Waals surface area contributed by atoms with Gasteiger partial charge in [-0.25, -0.2) is 0 Å². The molecule has 3 aliphatic heterocycles. The van der Waals surface area contributed by atoms with E-state index in [0.717, 1.165) is 50.0 Å². The maximum absolute atomic E-state index is 12.8. The fraction of sp³-hybridized carbons (Fsp3) is 0.824. The van der Waals surface area contributed by atoms with E-state index in [1.807, 2.05) is 6.26 Å². The normalized spacial score (nSPS) is 28.2. The summed E-state index contributed by atoms with van der Waals surface area (Å²) in [6, 6.07) is 0.366. The van der Waals surface area contributed by atoms with Crippen molar-refractivity contribution in [3.05, 3.63) is 11.7 Å². The molecule has 132 valence electrons. The Balaban J connectivity index is 1.42. The fourth-order valence-corrected chi connectivity index (χ4v) is 4.56. The van der Waals surface area contributed by atoms with Gasteiger partial charge in [0, 0.05) is 25.7 Å². The molecule has 1 aromatic rings. The van der Waals surface area contributed by atoms with Crippen molar-refractivity contribution >= 4 is 17.7 Å². The second kappa shape index (κ2) is 7.04. The van der Waals surface area contributed by atoms with Crippen LogP contribution in [0.15, 0.2) is 4.52 Å². The van der Waals surface area contributed by atoms with Crippen LogP contribution in [0.1, 0.15) is 43.8 Å². The molecule has 4 heterocycles. The smallest absolute Gasteiger partial charge is 0.240 e. The molecule has 1 saturated carbocycles. The molecule has 4 aliphatic rings. The summed E-state index contributed by atoms with van der Waals surface area (Å²) >= 11 is 1.69. The van der Waals surface area contributed by atoms with Crippen LogP contribution in [-0.4, -0.2) is 57.8 Å². The van der Waals surface area contributed by atoms with Gasteiger partial charge in [-0.1, -0.05) is 11.6 Å². The molecule has 24 heavy (non-hydrogen) atoms. The third-order valence-electron chi connectivity index (χ3n) is 5.69. The summed E-state index contributed by atoms with van der Waals surface area (Å²) in [6.45, 7) is 3.41. The zero-order chi connectivity index (χ0) is 16.5. The van der Waals surface area contributed by atoms with Crippen LogP contribution in [-0.2, 0) is 17.1 Å². The van der Waals surface area contributed by atoms with Gasteiger partial charge in [-0.15, -0.1) is 0 Å². The Bertz CT molecular complexity index is 589. The van der Waals surface area contributed by atoms with Gasteiger partial charge < -0.3 is 9.42 Å². The summed E-state index contributed by atoms with van der Waals surface area (Å²) in [4.78, 5) is 21.8. The van der Waals surface area contributed by atoms with Crippen LogP contribution in [0.5, 0.6) is 0 Å². The molecular formula is C17H26N4O2S. The third kappa shape index (κ3) is 3.33. The quantitative estimate of drug-likeness (QED) is 0.783. The SMILES string of the molecule is CSCc1noc(CN2C[C@H]3CC[C@@H](C2)N(CC2CCC2)C3=O)n1.